The van der Waals surface area contributed by atoms with Crippen LogP contribution in [0.5, 0.6) is 5.75 Å². The second kappa shape index (κ2) is 5.64. The zero-order chi connectivity index (χ0) is 12.1. The van der Waals surface area contributed by atoms with Crippen LogP contribution in [0.15, 0.2) is 36.7 Å². The van der Waals surface area contributed by atoms with E-state index in [9.17, 15) is 0 Å². The van der Waals surface area contributed by atoms with Crippen LogP contribution in [0.2, 0.25) is 5.15 Å². The van der Waals surface area contributed by atoms with Crippen molar-refractivity contribution in [1.29, 1.82) is 0 Å². The van der Waals surface area contributed by atoms with Gasteiger partial charge in [-0.1, -0.05) is 24.6 Å². The Bertz CT molecular complexity index is 502. The van der Waals surface area contributed by atoms with Gasteiger partial charge in [0.2, 0.25) is 0 Å². The molecule has 0 fully saturated rings. The summed E-state index contributed by atoms with van der Waals surface area (Å²) in [6.45, 7) is 2.75. The third-order valence-corrected chi connectivity index (χ3v) is 2.41. The first-order valence-corrected chi connectivity index (χ1v) is 5.88. The molecule has 2 aromatic heterocycles. The van der Waals surface area contributed by atoms with Crippen molar-refractivity contribution in [3.8, 4) is 17.0 Å². The van der Waals surface area contributed by atoms with Gasteiger partial charge in [-0.2, -0.15) is 0 Å². The highest BCUT2D eigenvalue weighted by atomic mass is 35.5. The molecule has 17 heavy (non-hydrogen) atoms. The summed E-state index contributed by atoms with van der Waals surface area (Å²) in [4.78, 5) is 8.37. The SMILES string of the molecule is CCCOc1cncc(-c2cccc(Cl)n2)c1. The molecule has 2 aromatic rings. The predicted molar refractivity (Wildman–Crippen MR) is 68.3 cm³/mol. The maximum Gasteiger partial charge on any atom is 0.138 e. The molecule has 0 aromatic carbocycles. The van der Waals surface area contributed by atoms with Crippen molar-refractivity contribution in [3.05, 3.63) is 41.8 Å². The molecular weight excluding hydrogens is 236 g/mol. The molecule has 0 aliphatic rings. The normalized spacial score (nSPS) is 10.2. The molecule has 0 saturated carbocycles. The minimum absolute atomic E-state index is 0.474. The number of hydrogen-bond acceptors (Lipinski definition) is 3. The van der Waals surface area contributed by atoms with Crippen molar-refractivity contribution in [1.82, 2.24) is 9.97 Å². The number of ether oxygens (including phenoxy) is 1. The summed E-state index contributed by atoms with van der Waals surface area (Å²) in [7, 11) is 0. The zero-order valence-electron chi connectivity index (χ0n) is 9.56. The predicted octanol–water partition coefficient (Wildman–Crippen LogP) is 3.59. The highest BCUT2D eigenvalue weighted by Crippen LogP contribution is 2.22. The quantitative estimate of drug-likeness (QED) is 0.776. The van der Waals surface area contributed by atoms with Crippen LogP contribution in [-0.2, 0) is 0 Å². The van der Waals surface area contributed by atoms with Gasteiger partial charge in [-0.05, 0) is 24.6 Å². The molecule has 0 saturated heterocycles. The van der Waals surface area contributed by atoms with E-state index in [1.807, 2.05) is 18.2 Å². The van der Waals surface area contributed by atoms with Gasteiger partial charge in [-0.3, -0.25) is 4.98 Å². The molecule has 0 atom stereocenters. The van der Waals surface area contributed by atoms with E-state index in [0.717, 1.165) is 23.4 Å². The van der Waals surface area contributed by atoms with Crippen molar-refractivity contribution >= 4 is 11.6 Å². The second-order valence-corrected chi connectivity index (χ2v) is 3.99. The van der Waals surface area contributed by atoms with Crippen LogP contribution in [0.4, 0.5) is 0 Å². The molecule has 0 radical (unpaired) electrons. The highest BCUT2D eigenvalue weighted by molar-refractivity contribution is 6.29. The molecular formula is C13H13ClN2O. The molecule has 0 bridgehead atoms. The van der Waals surface area contributed by atoms with Crippen LogP contribution < -0.4 is 4.74 Å². The summed E-state index contributed by atoms with van der Waals surface area (Å²) in [5.74, 6) is 0.756. The second-order valence-electron chi connectivity index (χ2n) is 3.60. The van der Waals surface area contributed by atoms with Gasteiger partial charge in [0, 0.05) is 11.8 Å². The van der Waals surface area contributed by atoms with Gasteiger partial charge in [-0.15, -0.1) is 0 Å². The molecule has 0 unspecified atom stereocenters. The van der Waals surface area contributed by atoms with Crippen molar-refractivity contribution < 1.29 is 4.74 Å². The summed E-state index contributed by atoms with van der Waals surface area (Å²) in [5.41, 5.74) is 1.70. The summed E-state index contributed by atoms with van der Waals surface area (Å²) in [6, 6.07) is 7.42. The molecule has 3 nitrogen and oxygen atoms in total. The lowest BCUT2D eigenvalue weighted by Gasteiger charge is -2.06. The number of rotatable bonds is 4. The minimum atomic E-state index is 0.474. The van der Waals surface area contributed by atoms with Crippen molar-refractivity contribution in [2.24, 2.45) is 0 Å². The molecule has 2 heterocycles. The number of hydrogen-bond donors (Lipinski definition) is 0. The van der Waals surface area contributed by atoms with Crippen molar-refractivity contribution in [2.75, 3.05) is 6.61 Å². The van der Waals surface area contributed by atoms with E-state index in [-0.39, 0.29) is 0 Å². The van der Waals surface area contributed by atoms with Crippen LogP contribution in [0.1, 0.15) is 13.3 Å². The third-order valence-electron chi connectivity index (χ3n) is 2.20. The molecule has 0 N–H and O–H groups in total. The van der Waals surface area contributed by atoms with E-state index < -0.39 is 0 Å². The van der Waals surface area contributed by atoms with Gasteiger partial charge in [0.05, 0.1) is 18.5 Å². The summed E-state index contributed by atoms with van der Waals surface area (Å²) in [6.07, 6.45) is 4.42. The van der Waals surface area contributed by atoms with Gasteiger partial charge in [0.25, 0.3) is 0 Å². The molecule has 2 rings (SSSR count). The van der Waals surface area contributed by atoms with Crippen LogP contribution in [0.3, 0.4) is 0 Å². The maximum atomic E-state index is 5.86. The van der Waals surface area contributed by atoms with E-state index in [2.05, 4.69) is 16.9 Å². The maximum absolute atomic E-state index is 5.86. The Hall–Kier alpha value is -1.61. The van der Waals surface area contributed by atoms with Gasteiger partial charge >= 0.3 is 0 Å². The Morgan fingerprint density at radius 2 is 2.18 bits per heavy atom. The number of aromatic nitrogens is 2. The van der Waals surface area contributed by atoms with Crippen LogP contribution in [0, 0.1) is 0 Å². The molecule has 0 aliphatic heterocycles. The van der Waals surface area contributed by atoms with Crippen LogP contribution in [0.25, 0.3) is 11.3 Å². The van der Waals surface area contributed by atoms with E-state index >= 15 is 0 Å². The fourth-order valence-corrected chi connectivity index (χ4v) is 1.59. The van der Waals surface area contributed by atoms with E-state index in [1.54, 1.807) is 18.5 Å². The van der Waals surface area contributed by atoms with Crippen molar-refractivity contribution in [2.45, 2.75) is 13.3 Å². The first-order chi connectivity index (χ1) is 8.29. The smallest absolute Gasteiger partial charge is 0.138 e. The van der Waals surface area contributed by atoms with E-state index in [4.69, 9.17) is 16.3 Å². The lowest BCUT2D eigenvalue weighted by atomic mass is 10.2. The molecule has 0 aliphatic carbocycles. The first kappa shape index (κ1) is 11.9. The topological polar surface area (TPSA) is 35.0 Å². The fraction of sp³-hybridized carbons (Fsp3) is 0.231. The minimum Gasteiger partial charge on any atom is -0.492 e. The average Bonchev–Trinajstić information content (AvgIpc) is 2.37. The lowest BCUT2D eigenvalue weighted by molar-refractivity contribution is 0.316. The Morgan fingerprint density at radius 3 is 2.94 bits per heavy atom. The van der Waals surface area contributed by atoms with Crippen LogP contribution in [-0.4, -0.2) is 16.6 Å². The van der Waals surface area contributed by atoms with Crippen molar-refractivity contribution in [3.63, 3.8) is 0 Å². The molecule has 0 amide bonds. The first-order valence-electron chi connectivity index (χ1n) is 5.50. The molecule has 0 spiro atoms. The highest BCUT2D eigenvalue weighted by Gasteiger charge is 2.02. The van der Waals surface area contributed by atoms with Gasteiger partial charge in [0.15, 0.2) is 0 Å². The standard InChI is InChI=1S/C13H13ClN2O/c1-2-6-17-11-7-10(8-15-9-11)12-4-3-5-13(14)16-12/h3-5,7-9H,2,6H2,1H3. The average molecular weight is 249 g/mol. The summed E-state index contributed by atoms with van der Waals surface area (Å²) >= 11 is 5.86. The third kappa shape index (κ3) is 3.17. The Morgan fingerprint density at radius 1 is 1.29 bits per heavy atom. The number of nitrogens with zero attached hydrogens (tertiary/aromatic N) is 2. The summed E-state index contributed by atoms with van der Waals surface area (Å²) < 4.78 is 5.52. The van der Waals surface area contributed by atoms with E-state index in [0.29, 0.717) is 11.8 Å². The Labute approximate surface area is 105 Å². The molecule has 88 valence electrons. The summed E-state index contributed by atoms with van der Waals surface area (Å²) in [5, 5.41) is 0.474. The Kier molecular flexibility index (Phi) is 3.94. The number of pyridine rings is 2. The monoisotopic (exact) mass is 248 g/mol. The largest absolute Gasteiger partial charge is 0.492 e. The molecule has 4 heteroatoms. The van der Waals surface area contributed by atoms with Gasteiger partial charge in [0.1, 0.15) is 10.9 Å². The van der Waals surface area contributed by atoms with E-state index in [1.165, 1.54) is 0 Å². The van der Waals surface area contributed by atoms with Crippen LogP contribution >= 0.6 is 11.6 Å². The van der Waals surface area contributed by atoms with Gasteiger partial charge in [-0.25, -0.2) is 4.98 Å². The fourth-order valence-electron chi connectivity index (χ4n) is 1.43. The number of halogens is 1. The van der Waals surface area contributed by atoms with Gasteiger partial charge < -0.3 is 4.74 Å². The lowest BCUT2D eigenvalue weighted by Crippen LogP contribution is -1.96. The zero-order valence-corrected chi connectivity index (χ0v) is 10.3. The Balaban J connectivity index is 2.26.